The Bertz CT molecular complexity index is 636. The molecule has 2 rings (SSSR count). The standard InChI is InChI=1S/C14H20ClFN2O2S/c1-9-4-3-5-18(10(9)2)21(19,20)13-7-12(15)6-11(8-17)14(13)16/h6-7,9-10H,3-5,8,17H2,1-2H3. The second-order valence-electron chi connectivity index (χ2n) is 5.56. The minimum atomic E-state index is -3.91. The molecule has 118 valence electrons. The maximum absolute atomic E-state index is 14.4. The van der Waals surface area contributed by atoms with E-state index in [0.29, 0.717) is 6.54 Å². The predicted octanol–water partition coefficient (Wildman–Crippen LogP) is 2.75. The number of piperidine rings is 1. The molecule has 4 nitrogen and oxygen atoms in total. The summed E-state index contributed by atoms with van der Waals surface area (Å²) in [5, 5.41) is 0.174. The molecule has 2 atom stereocenters. The summed E-state index contributed by atoms with van der Waals surface area (Å²) in [4.78, 5) is -0.378. The van der Waals surface area contributed by atoms with Crippen LogP contribution >= 0.6 is 11.6 Å². The van der Waals surface area contributed by atoms with Gasteiger partial charge in [0, 0.05) is 29.7 Å². The van der Waals surface area contributed by atoms with Crippen LogP contribution in [0.25, 0.3) is 0 Å². The number of nitrogens with zero attached hydrogens (tertiary/aromatic N) is 1. The second-order valence-corrected chi connectivity index (χ2v) is 7.85. The molecule has 0 bridgehead atoms. The molecule has 21 heavy (non-hydrogen) atoms. The average Bonchev–Trinajstić information content (AvgIpc) is 2.43. The number of nitrogens with two attached hydrogens (primary N) is 1. The van der Waals surface area contributed by atoms with Crippen LogP contribution < -0.4 is 5.73 Å². The zero-order valence-corrected chi connectivity index (χ0v) is 13.7. The van der Waals surface area contributed by atoms with Gasteiger partial charge in [0.05, 0.1) is 0 Å². The first-order valence-electron chi connectivity index (χ1n) is 6.99. The van der Waals surface area contributed by atoms with E-state index in [4.69, 9.17) is 17.3 Å². The van der Waals surface area contributed by atoms with Crippen molar-refractivity contribution in [1.82, 2.24) is 4.31 Å². The van der Waals surface area contributed by atoms with E-state index in [1.165, 1.54) is 10.4 Å². The van der Waals surface area contributed by atoms with Gasteiger partial charge in [-0.1, -0.05) is 18.5 Å². The molecular weight excluding hydrogens is 315 g/mol. The Morgan fingerprint density at radius 3 is 2.71 bits per heavy atom. The van der Waals surface area contributed by atoms with Crippen LogP contribution in [0.1, 0.15) is 32.3 Å². The van der Waals surface area contributed by atoms with Crippen molar-refractivity contribution >= 4 is 21.6 Å². The van der Waals surface area contributed by atoms with E-state index in [2.05, 4.69) is 0 Å². The van der Waals surface area contributed by atoms with E-state index in [-0.39, 0.29) is 34.0 Å². The van der Waals surface area contributed by atoms with Gasteiger partial charge in [0.15, 0.2) is 0 Å². The molecule has 2 N–H and O–H groups in total. The quantitative estimate of drug-likeness (QED) is 0.924. The third-order valence-electron chi connectivity index (χ3n) is 4.20. The van der Waals surface area contributed by atoms with E-state index >= 15 is 0 Å². The normalized spacial score (nSPS) is 24.2. The summed E-state index contributed by atoms with van der Waals surface area (Å²) < 4.78 is 41.3. The number of sulfonamides is 1. The number of hydrogen-bond acceptors (Lipinski definition) is 3. The molecule has 1 aliphatic heterocycles. The maximum Gasteiger partial charge on any atom is 0.246 e. The molecule has 0 aliphatic carbocycles. The van der Waals surface area contributed by atoms with Gasteiger partial charge in [-0.25, -0.2) is 12.8 Å². The molecule has 0 radical (unpaired) electrons. The van der Waals surface area contributed by atoms with Crippen LogP contribution in [0.15, 0.2) is 17.0 Å². The van der Waals surface area contributed by atoms with Gasteiger partial charge < -0.3 is 5.73 Å². The number of hydrogen-bond donors (Lipinski definition) is 1. The Labute approximate surface area is 130 Å². The fraction of sp³-hybridized carbons (Fsp3) is 0.571. The van der Waals surface area contributed by atoms with E-state index in [9.17, 15) is 12.8 Å². The molecule has 1 aromatic carbocycles. The van der Waals surface area contributed by atoms with Crippen molar-refractivity contribution < 1.29 is 12.8 Å². The van der Waals surface area contributed by atoms with Gasteiger partial charge in [-0.3, -0.25) is 0 Å². The highest BCUT2D eigenvalue weighted by molar-refractivity contribution is 7.89. The first kappa shape index (κ1) is 16.7. The maximum atomic E-state index is 14.4. The van der Waals surface area contributed by atoms with Crippen molar-refractivity contribution in [1.29, 1.82) is 0 Å². The first-order chi connectivity index (χ1) is 9.78. The number of halogens is 2. The van der Waals surface area contributed by atoms with Crippen molar-refractivity contribution in [2.24, 2.45) is 11.7 Å². The third-order valence-corrected chi connectivity index (χ3v) is 6.41. The van der Waals surface area contributed by atoms with Gasteiger partial charge in [0.1, 0.15) is 10.7 Å². The summed E-state index contributed by atoms with van der Waals surface area (Å²) in [7, 11) is -3.91. The molecule has 1 fully saturated rings. The predicted molar refractivity (Wildman–Crippen MR) is 81.1 cm³/mol. The van der Waals surface area contributed by atoms with Gasteiger partial charge in [0.2, 0.25) is 10.0 Å². The number of rotatable bonds is 3. The largest absolute Gasteiger partial charge is 0.326 e. The van der Waals surface area contributed by atoms with E-state index in [1.807, 2.05) is 13.8 Å². The lowest BCUT2D eigenvalue weighted by molar-refractivity contribution is 0.202. The van der Waals surface area contributed by atoms with Crippen LogP contribution in [0.4, 0.5) is 4.39 Å². The van der Waals surface area contributed by atoms with Crippen LogP contribution in [-0.2, 0) is 16.6 Å². The van der Waals surface area contributed by atoms with Crippen molar-refractivity contribution in [3.8, 4) is 0 Å². The molecule has 0 saturated carbocycles. The van der Waals surface area contributed by atoms with Gasteiger partial charge in [-0.05, 0) is 37.8 Å². The van der Waals surface area contributed by atoms with Crippen molar-refractivity contribution in [2.45, 2.75) is 44.2 Å². The Kier molecular flexibility index (Phi) is 4.92. The first-order valence-corrected chi connectivity index (χ1v) is 8.80. The molecule has 1 aliphatic rings. The van der Waals surface area contributed by atoms with Gasteiger partial charge in [-0.15, -0.1) is 0 Å². The summed E-state index contributed by atoms with van der Waals surface area (Å²) in [5.74, 6) is -0.558. The highest BCUT2D eigenvalue weighted by atomic mass is 35.5. The summed E-state index contributed by atoms with van der Waals surface area (Å²) in [6, 6.07) is 2.36. The fourth-order valence-electron chi connectivity index (χ4n) is 2.72. The van der Waals surface area contributed by atoms with E-state index in [0.717, 1.165) is 18.9 Å². The summed E-state index contributed by atoms with van der Waals surface area (Å²) in [6.07, 6.45) is 1.75. The van der Waals surface area contributed by atoms with Gasteiger partial charge >= 0.3 is 0 Å². The minimum Gasteiger partial charge on any atom is -0.326 e. The Morgan fingerprint density at radius 2 is 2.10 bits per heavy atom. The lowest BCUT2D eigenvalue weighted by atomic mass is 9.94. The fourth-order valence-corrected chi connectivity index (χ4v) is 4.92. The minimum absolute atomic E-state index is 0.0964. The molecule has 0 aromatic heterocycles. The second kappa shape index (κ2) is 6.20. The topological polar surface area (TPSA) is 63.4 Å². The molecule has 0 amide bonds. The molecule has 0 spiro atoms. The number of benzene rings is 1. The molecule has 1 aromatic rings. The Balaban J connectivity index is 2.51. The van der Waals surface area contributed by atoms with Crippen molar-refractivity contribution in [3.05, 3.63) is 28.5 Å². The highest BCUT2D eigenvalue weighted by Gasteiger charge is 2.36. The molecular formula is C14H20ClFN2O2S. The lowest BCUT2D eigenvalue weighted by Crippen LogP contribution is -2.46. The zero-order chi connectivity index (χ0) is 15.8. The monoisotopic (exact) mass is 334 g/mol. The summed E-state index contributed by atoms with van der Waals surface area (Å²) in [6.45, 7) is 4.16. The Hall–Kier alpha value is -0.690. The van der Waals surface area contributed by atoms with Gasteiger partial charge in [-0.2, -0.15) is 4.31 Å². The van der Waals surface area contributed by atoms with Crippen LogP contribution in [-0.4, -0.2) is 25.3 Å². The SMILES string of the molecule is CC1CCCN(S(=O)(=O)c2cc(Cl)cc(CN)c2F)C1C. The van der Waals surface area contributed by atoms with Crippen molar-refractivity contribution in [3.63, 3.8) is 0 Å². The lowest BCUT2D eigenvalue weighted by Gasteiger charge is -2.36. The van der Waals surface area contributed by atoms with Crippen LogP contribution in [0.2, 0.25) is 5.02 Å². The van der Waals surface area contributed by atoms with Crippen LogP contribution in [0, 0.1) is 11.7 Å². The Morgan fingerprint density at radius 1 is 1.43 bits per heavy atom. The molecule has 2 unspecified atom stereocenters. The van der Waals surface area contributed by atoms with Crippen LogP contribution in [0.5, 0.6) is 0 Å². The van der Waals surface area contributed by atoms with Crippen molar-refractivity contribution in [2.75, 3.05) is 6.54 Å². The van der Waals surface area contributed by atoms with Gasteiger partial charge in [0.25, 0.3) is 0 Å². The van der Waals surface area contributed by atoms with E-state index < -0.39 is 15.8 Å². The summed E-state index contributed by atoms with van der Waals surface area (Å²) >= 11 is 5.91. The average molecular weight is 335 g/mol. The molecule has 1 saturated heterocycles. The van der Waals surface area contributed by atoms with Crippen LogP contribution in [0.3, 0.4) is 0 Å². The zero-order valence-electron chi connectivity index (χ0n) is 12.1. The van der Waals surface area contributed by atoms with E-state index in [1.54, 1.807) is 0 Å². The molecule has 1 heterocycles. The highest BCUT2D eigenvalue weighted by Crippen LogP contribution is 2.32. The molecule has 7 heteroatoms. The summed E-state index contributed by atoms with van der Waals surface area (Å²) in [5.41, 5.74) is 5.56. The smallest absolute Gasteiger partial charge is 0.246 e. The third kappa shape index (κ3) is 3.08.